The maximum absolute atomic E-state index is 6.21. The van der Waals surface area contributed by atoms with Crippen molar-refractivity contribution in [1.82, 2.24) is 0 Å². The van der Waals surface area contributed by atoms with E-state index in [4.69, 9.17) is 9.31 Å². The fourth-order valence-corrected chi connectivity index (χ4v) is 2.47. The standard InChI is InChI=1S/C18H27BO2/c1-14(2)12-16(13-15-10-8-7-9-11-15)19-20-17(3,4)18(5,6)21-19/h7-12,14H,13H2,1-6H3/b16-12+. The van der Waals surface area contributed by atoms with E-state index in [1.165, 1.54) is 11.0 Å². The Morgan fingerprint density at radius 2 is 1.57 bits per heavy atom. The molecule has 0 aliphatic carbocycles. The SMILES string of the molecule is CC(C)/C=C(\Cc1ccccc1)B1OC(C)(C)C(C)(C)O1. The van der Waals surface area contributed by atoms with Gasteiger partial charge in [0.2, 0.25) is 0 Å². The second-order valence-corrected chi connectivity index (χ2v) is 7.24. The first-order chi connectivity index (χ1) is 9.71. The van der Waals surface area contributed by atoms with Gasteiger partial charge in [-0.1, -0.05) is 50.3 Å². The average Bonchev–Trinajstić information content (AvgIpc) is 2.58. The van der Waals surface area contributed by atoms with Crippen LogP contribution in [-0.2, 0) is 15.7 Å². The minimum Gasteiger partial charge on any atom is -0.400 e. The topological polar surface area (TPSA) is 18.5 Å². The van der Waals surface area contributed by atoms with Crippen LogP contribution in [0.4, 0.5) is 0 Å². The van der Waals surface area contributed by atoms with Crippen LogP contribution in [0.2, 0.25) is 0 Å². The number of hydrogen-bond acceptors (Lipinski definition) is 2. The lowest BCUT2D eigenvalue weighted by Crippen LogP contribution is -2.41. The van der Waals surface area contributed by atoms with Crippen LogP contribution in [0.3, 0.4) is 0 Å². The van der Waals surface area contributed by atoms with Gasteiger partial charge < -0.3 is 9.31 Å². The molecule has 0 radical (unpaired) electrons. The predicted molar refractivity (Wildman–Crippen MR) is 89.1 cm³/mol. The van der Waals surface area contributed by atoms with Crippen molar-refractivity contribution in [2.75, 3.05) is 0 Å². The molecule has 0 unspecified atom stereocenters. The molecule has 1 aliphatic heterocycles. The first-order valence-corrected chi connectivity index (χ1v) is 7.81. The van der Waals surface area contributed by atoms with Gasteiger partial charge >= 0.3 is 7.12 Å². The first kappa shape index (κ1) is 16.3. The summed E-state index contributed by atoms with van der Waals surface area (Å²) in [4.78, 5) is 0. The molecule has 0 amide bonds. The fourth-order valence-electron chi connectivity index (χ4n) is 2.47. The summed E-state index contributed by atoms with van der Waals surface area (Å²) in [5.41, 5.74) is 1.93. The van der Waals surface area contributed by atoms with Crippen LogP contribution in [0.5, 0.6) is 0 Å². The van der Waals surface area contributed by atoms with Gasteiger partial charge in [0, 0.05) is 0 Å². The lowest BCUT2D eigenvalue weighted by atomic mass is 9.73. The molecular weight excluding hydrogens is 259 g/mol. The Hall–Kier alpha value is -1.06. The summed E-state index contributed by atoms with van der Waals surface area (Å²) >= 11 is 0. The number of rotatable bonds is 4. The Balaban J connectivity index is 2.23. The summed E-state index contributed by atoms with van der Waals surface area (Å²) in [5.74, 6) is 0.475. The predicted octanol–water partition coefficient (Wildman–Crippen LogP) is 4.44. The average molecular weight is 286 g/mol. The van der Waals surface area contributed by atoms with Crippen molar-refractivity contribution in [2.45, 2.75) is 59.2 Å². The molecule has 3 heteroatoms. The number of allylic oxidation sites excluding steroid dienone is 2. The van der Waals surface area contributed by atoms with Crippen LogP contribution in [0.15, 0.2) is 41.9 Å². The van der Waals surface area contributed by atoms with Crippen molar-refractivity contribution < 1.29 is 9.31 Å². The second kappa shape index (κ2) is 5.98. The van der Waals surface area contributed by atoms with E-state index in [9.17, 15) is 0 Å². The summed E-state index contributed by atoms with van der Waals surface area (Å²) in [7, 11) is -0.252. The summed E-state index contributed by atoms with van der Waals surface area (Å²) in [5, 5.41) is 0. The van der Waals surface area contributed by atoms with E-state index >= 15 is 0 Å². The zero-order valence-corrected chi connectivity index (χ0v) is 14.1. The zero-order valence-electron chi connectivity index (χ0n) is 14.1. The van der Waals surface area contributed by atoms with Gasteiger partial charge in [-0.05, 0) is 51.1 Å². The molecule has 114 valence electrons. The van der Waals surface area contributed by atoms with E-state index in [1.54, 1.807) is 0 Å². The maximum atomic E-state index is 6.21. The van der Waals surface area contributed by atoms with Gasteiger partial charge in [0.25, 0.3) is 0 Å². The normalized spacial score (nSPS) is 21.1. The van der Waals surface area contributed by atoms with Crippen LogP contribution >= 0.6 is 0 Å². The Morgan fingerprint density at radius 3 is 2.05 bits per heavy atom. The van der Waals surface area contributed by atoms with Crippen molar-refractivity contribution in [3.05, 3.63) is 47.4 Å². The van der Waals surface area contributed by atoms with Crippen molar-refractivity contribution >= 4 is 7.12 Å². The van der Waals surface area contributed by atoms with E-state index in [0.29, 0.717) is 5.92 Å². The van der Waals surface area contributed by atoms with Gasteiger partial charge in [-0.2, -0.15) is 0 Å². The fraction of sp³-hybridized carbons (Fsp3) is 0.556. The molecule has 1 fully saturated rings. The molecule has 0 bridgehead atoms. The summed E-state index contributed by atoms with van der Waals surface area (Å²) < 4.78 is 12.4. The summed E-state index contributed by atoms with van der Waals surface area (Å²) in [6.07, 6.45) is 3.14. The molecule has 1 aromatic rings. The molecule has 0 atom stereocenters. The largest absolute Gasteiger partial charge is 0.490 e. The van der Waals surface area contributed by atoms with Gasteiger partial charge in [0.05, 0.1) is 11.2 Å². The Kier molecular flexibility index (Phi) is 4.65. The minimum absolute atomic E-state index is 0.252. The van der Waals surface area contributed by atoms with Crippen LogP contribution in [0.25, 0.3) is 0 Å². The number of hydrogen-bond donors (Lipinski definition) is 0. The van der Waals surface area contributed by atoms with Gasteiger partial charge in [-0.15, -0.1) is 0 Å². The van der Waals surface area contributed by atoms with Crippen molar-refractivity contribution in [3.63, 3.8) is 0 Å². The van der Waals surface area contributed by atoms with Gasteiger partial charge in [-0.3, -0.25) is 0 Å². The van der Waals surface area contributed by atoms with Gasteiger partial charge in [-0.25, -0.2) is 0 Å². The maximum Gasteiger partial charge on any atom is 0.490 e. The molecular formula is C18H27BO2. The van der Waals surface area contributed by atoms with Crippen molar-refractivity contribution in [1.29, 1.82) is 0 Å². The van der Waals surface area contributed by atoms with Crippen molar-refractivity contribution in [3.8, 4) is 0 Å². The minimum atomic E-state index is -0.287. The van der Waals surface area contributed by atoms with E-state index in [-0.39, 0.29) is 18.3 Å². The van der Waals surface area contributed by atoms with Gasteiger partial charge in [0.1, 0.15) is 0 Å². The van der Waals surface area contributed by atoms with E-state index in [1.807, 2.05) is 6.07 Å². The molecule has 0 N–H and O–H groups in total. The summed E-state index contributed by atoms with van der Waals surface area (Å²) in [6.45, 7) is 12.8. The molecule has 1 heterocycles. The zero-order chi connectivity index (χ0) is 15.7. The van der Waals surface area contributed by atoms with Crippen LogP contribution in [0.1, 0.15) is 47.1 Å². The molecule has 21 heavy (non-hydrogen) atoms. The van der Waals surface area contributed by atoms with Crippen molar-refractivity contribution in [2.24, 2.45) is 5.92 Å². The lowest BCUT2D eigenvalue weighted by Gasteiger charge is -2.32. The molecule has 0 aromatic heterocycles. The van der Waals surface area contributed by atoms with Crippen LogP contribution in [-0.4, -0.2) is 18.3 Å². The molecule has 1 aromatic carbocycles. The highest BCUT2D eigenvalue weighted by Gasteiger charge is 2.52. The summed E-state index contributed by atoms with van der Waals surface area (Å²) in [6, 6.07) is 10.5. The van der Waals surface area contributed by atoms with E-state index in [0.717, 1.165) is 6.42 Å². The molecule has 1 aliphatic rings. The van der Waals surface area contributed by atoms with E-state index in [2.05, 4.69) is 71.9 Å². The highest BCUT2D eigenvalue weighted by Crippen LogP contribution is 2.39. The monoisotopic (exact) mass is 286 g/mol. The second-order valence-electron chi connectivity index (χ2n) is 7.24. The van der Waals surface area contributed by atoms with Crippen LogP contribution in [0, 0.1) is 5.92 Å². The third-order valence-electron chi connectivity index (χ3n) is 4.35. The molecule has 0 saturated carbocycles. The lowest BCUT2D eigenvalue weighted by molar-refractivity contribution is 0.00578. The Morgan fingerprint density at radius 1 is 1.05 bits per heavy atom. The molecule has 0 spiro atoms. The first-order valence-electron chi connectivity index (χ1n) is 7.81. The van der Waals surface area contributed by atoms with Crippen LogP contribution < -0.4 is 0 Å². The number of benzene rings is 1. The Labute approximate surface area is 129 Å². The quantitative estimate of drug-likeness (QED) is 0.762. The third kappa shape index (κ3) is 3.78. The highest BCUT2D eigenvalue weighted by atomic mass is 16.7. The molecule has 2 nitrogen and oxygen atoms in total. The third-order valence-corrected chi connectivity index (χ3v) is 4.35. The van der Waals surface area contributed by atoms with E-state index < -0.39 is 0 Å². The molecule has 2 rings (SSSR count). The smallest absolute Gasteiger partial charge is 0.400 e. The highest BCUT2D eigenvalue weighted by molar-refractivity contribution is 6.54. The Bertz CT molecular complexity index is 487. The van der Waals surface area contributed by atoms with Gasteiger partial charge in [0.15, 0.2) is 0 Å². The molecule has 1 saturated heterocycles.